The summed E-state index contributed by atoms with van der Waals surface area (Å²) in [4.78, 5) is 14.4. The van der Waals surface area contributed by atoms with Gasteiger partial charge in [0.15, 0.2) is 11.0 Å². The molecule has 3 rings (SSSR count). The smallest absolute Gasteiger partial charge is 0.236 e. The van der Waals surface area contributed by atoms with Gasteiger partial charge in [-0.15, -0.1) is 10.2 Å². The van der Waals surface area contributed by atoms with E-state index in [0.29, 0.717) is 42.3 Å². The van der Waals surface area contributed by atoms with Crippen LogP contribution in [0.15, 0.2) is 29.4 Å². The monoisotopic (exact) mass is 366 g/mol. The second-order valence-electron chi connectivity index (χ2n) is 5.54. The number of morpholine rings is 1. The first kappa shape index (κ1) is 17.3. The van der Waals surface area contributed by atoms with Crippen molar-refractivity contribution in [3.8, 4) is 11.4 Å². The Morgan fingerprint density at radius 2 is 2.00 bits per heavy atom. The Bertz CT molecular complexity index is 731. The minimum atomic E-state index is -0.231. The Hall–Kier alpha value is -1.57. The van der Waals surface area contributed by atoms with E-state index in [0.717, 1.165) is 5.56 Å². The van der Waals surface area contributed by atoms with Crippen LogP contribution < -0.4 is 0 Å². The summed E-state index contributed by atoms with van der Waals surface area (Å²) >= 11 is 7.64. The Morgan fingerprint density at radius 3 is 2.71 bits per heavy atom. The minimum Gasteiger partial charge on any atom is -0.378 e. The summed E-state index contributed by atoms with van der Waals surface area (Å²) in [6.45, 7) is 4.39. The normalized spacial score (nSPS) is 16.2. The molecule has 0 radical (unpaired) electrons. The number of thioether (sulfide) groups is 1. The molecular weight excluding hydrogens is 348 g/mol. The zero-order chi connectivity index (χ0) is 17.1. The van der Waals surface area contributed by atoms with Gasteiger partial charge in [0.05, 0.1) is 23.5 Å². The molecule has 2 aromatic rings. The molecule has 24 heavy (non-hydrogen) atoms. The highest BCUT2D eigenvalue weighted by atomic mass is 35.5. The second kappa shape index (κ2) is 7.55. The van der Waals surface area contributed by atoms with Gasteiger partial charge in [0, 0.05) is 25.7 Å². The molecule has 2 heterocycles. The van der Waals surface area contributed by atoms with Crippen LogP contribution in [-0.2, 0) is 16.6 Å². The Kier molecular flexibility index (Phi) is 5.43. The average Bonchev–Trinajstić information content (AvgIpc) is 2.96. The van der Waals surface area contributed by atoms with Gasteiger partial charge in [-0.1, -0.05) is 35.5 Å². The lowest BCUT2D eigenvalue weighted by Crippen LogP contribution is -2.44. The summed E-state index contributed by atoms with van der Waals surface area (Å²) in [6.07, 6.45) is 0. The number of carbonyl (C=O) groups is 1. The summed E-state index contributed by atoms with van der Waals surface area (Å²) < 4.78 is 7.16. The topological polar surface area (TPSA) is 60.2 Å². The van der Waals surface area contributed by atoms with Gasteiger partial charge in [0.2, 0.25) is 5.91 Å². The highest BCUT2D eigenvalue weighted by molar-refractivity contribution is 8.00. The highest BCUT2D eigenvalue weighted by Gasteiger charge is 2.25. The molecular formula is C16H19ClN4O2S. The van der Waals surface area contributed by atoms with Crippen molar-refractivity contribution >= 4 is 29.3 Å². The molecule has 0 spiro atoms. The van der Waals surface area contributed by atoms with Crippen molar-refractivity contribution in [3.05, 3.63) is 29.3 Å². The first-order valence-electron chi connectivity index (χ1n) is 7.75. The molecule has 1 atom stereocenters. The van der Waals surface area contributed by atoms with E-state index in [2.05, 4.69) is 10.2 Å². The van der Waals surface area contributed by atoms with Crippen molar-refractivity contribution in [2.24, 2.45) is 7.05 Å². The molecule has 8 heteroatoms. The van der Waals surface area contributed by atoms with E-state index in [-0.39, 0.29) is 11.2 Å². The van der Waals surface area contributed by atoms with Crippen LogP contribution in [0.25, 0.3) is 11.4 Å². The Balaban J connectivity index is 1.74. The number of ether oxygens (including phenoxy) is 1. The molecule has 1 unspecified atom stereocenters. The molecule has 0 aliphatic carbocycles. The van der Waals surface area contributed by atoms with E-state index in [9.17, 15) is 4.79 Å². The lowest BCUT2D eigenvalue weighted by molar-refractivity contribution is -0.134. The molecule has 1 fully saturated rings. The van der Waals surface area contributed by atoms with E-state index in [1.54, 1.807) is 0 Å². The molecule has 6 nitrogen and oxygen atoms in total. The third-order valence-corrected chi connectivity index (χ3v) is 5.35. The van der Waals surface area contributed by atoms with Crippen molar-refractivity contribution in [2.45, 2.75) is 17.3 Å². The van der Waals surface area contributed by atoms with Gasteiger partial charge < -0.3 is 14.2 Å². The number of aromatic nitrogens is 3. The minimum absolute atomic E-state index is 0.102. The molecule has 1 aliphatic rings. The van der Waals surface area contributed by atoms with Crippen LogP contribution in [0, 0.1) is 0 Å². The maximum atomic E-state index is 12.5. The second-order valence-corrected chi connectivity index (χ2v) is 7.26. The SMILES string of the molecule is CC(Sc1nnc(-c2ccccc2Cl)n1C)C(=O)N1CCOCC1. The fourth-order valence-electron chi connectivity index (χ4n) is 2.54. The molecule has 1 aromatic heterocycles. The molecule has 0 saturated carbocycles. The van der Waals surface area contributed by atoms with Crippen molar-refractivity contribution < 1.29 is 9.53 Å². The first-order chi connectivity index (χ1) is 11.6. The van der Waals surface area contributed by atoms with E-state index in [4.69, 9.17) is 16.3 Å². The fraction of sp³-hybridized carbons (Fsp3) is 0.438. The maximum Gasteiger partial charge on any atom is 0.236 e. The Labute approximate surface area is 150 Å². The largest absolute Gasteiger partial charge is 0.378 e. The predicted octanol–water partition coefficient (Wildman–Crippen LogP) is 2.47. The van der Waals surface area contributed by atoms with Gasteiger partial charge in [0.1, 0.15) is 0 Å². The third kappa shape index (κ3) is 3.58. The zero-order valence-corrected chi connectivity index (χ0v) is 15.2. The van der Waals surface area contributed by atoms with Crippen LogP contribution in [0.2, 0.25) is 5.02 Å². The number of nitrogens with zero attached hydrogens (tertiary/aromatic N) is 4. The van der Waals surface area contributed by atoms with E-state index < -0.39 is 0 Å². The molecule has 1 aromatic carbocycles. The van der Waals surface area contributed by atoms with Gasteiger partial charge in [-0.3, -0.25) is 4.79 Å². The third-order valence-electron chi connectivity index (χ3n) is 3.90. The summed E-state index contributed by atoms with van der Waals surface area (Å²) in [5, 5.41) is 9.55. The van der Waals surface area contributed by atoms with Gasteiger partial charge in [0.25, 0.3) is 0 Å². The van der Waals surface area contributed by atoms with E-state index >= 15 is 0 Å². The molecule has 1 amide bonds. The molecule has 0 bridgehead atoms. The van der Waals surface area contributed by atoms with E-state index in [1.165, 1.54) is 11.8 Å². The van der Waals surface area contributed by atoms with E-state index in [1.807, 2.05) is 47.7 Å². The van der Waals surface area contributed by atoms with Crippen LogP contribution in [-0.4, -0.2) is 57.1 Å². The van der Waals surface area contributed by atoms with Crippen molar-refractivity contribution in [1.29, 1.82) is 0 Å². The highest BCUT2D eigenvalue weighted by Crippen LogP contribution is 2.30. The van der Waals surface area contributed by atoms with Crippen molar-refractivity contribution in [2.75, 3.05) is 26.3 Å². The molecule has 0 N–H and O–H groups in total. The number of carbonyl (C=O) groups excluding carboxylic acids is 1. The lowest BCUT2D eigenvalue weighted by Gasteiger charge is -2.28. The van der Waals surface area contributed by atoms with Gasteiger partial charge >= 0.3 is 0 Å². The van der Waals surface area contributed by atoms with Gasteiger partial charge in [-0.2, -0.15) is 0 Å². The lowest BCUT2D eigenvalue weighted by atomic mass is 10.2. The zero-order valence-electron chi connectivity index (χ0n) is 13.6. The first-order valence-corrected chi connectivity index (χ1v) is 9.01. The summed E-state index contributed by atoms with van der Waals surface area (Å²) in [7, 11) is 1.88. The number of rotatable bonds is 4. The summed E-state index contributed by atoms with van der Waals surface area (Å²) in [5.41, 5.74) is 0.827. The molecule has 1 aliphatic heterocycles. The number of benzene rings is 1. The van der Waals surface area contributed by atoms with Crippen LogP contribution >= 0.6 is 23.4 Å². The fourth-order valence-corrected chi connectivity index (χ4v) is 3.66. The number of halogens is 1. The maximum absolute atomic E-state index is 12.5. The van der Waals surface area contributed by atoms with Crippen LogP contribution in [0.3, 0.4) is 0 Å². The number of hydrogen-bond donors (Lipinski definition) is 0. The van der Waals surface area contributed by atoms with Gasteiger partial charge in [-0.05, 0) is 19.1 Å². The van der Waals surface area contributed by atoms with Gasteiger partial charge in [-0.25, -0.2) is 0 Å². The summed E-state index contributed by atoms with van der Waals surface area (Å²) in [5.74, 6) is 0.791. The van der Waals surface area contributed by atoms with Crippen LogP contribution in [0.5, 0.6) is 0 Å². The molecule has 1 saturated heterocycles. The number of amides is 1. The van der Waals surface area contributed by atoms with Crippen molar-refractivity contribution in [1.82, 2.24) is 19.7 Å². The quantitative estimate of drug-likeness (QED) is 0.778. The Morgan fingerprint density at radius 1 is 1.29 bits per heavy atom. The van der Waals surface area contributed by atoms with Crippen LogP contribution in [0.4, 0.5) is 0 Å². The number of hydrogen-bond acceptors (Lipinski definition) is 5. The average molecular weight is 367 g/mol. The summed E-state index contributed by atoms with van der Waals surface area (Å²) in [6, 6.07) is 7.51. The van der Waals surface area contributed by atoms with Crippen LogP contribution in [0.1, 0.15) is 6.92 Å². The predicted molar refractivity (Wildman–Crippen MR) is 94.2 cm³/mol. The molecule has 128 valence electrons. The van der Waals surface area contributed by atoms with Crippen molar-refractivity contribution in [3.63, 3.8) is 0 Å². The standard InChI is InChI=1S/C16H19ClN4O2S/c1-11(15(22)21-7-9-23-10-8-21)24-16-19-18-14(20(16)2)12-5-3-4-6-13(12)17/h3-6,11H,7-10H2,1-2H3.